The van der Waals surface area contributed by atoms with Crippen LogP contribution >= 0.6 is 51.2 Å². The summed E-state index contributed by atoms with van der Waals surface area (Å²) in [5.74, 6) is 1.01. The Morgan fingerprint density at radius 2 is 2.40 bits per heavy atom. The maximum absolute atomic E-state index is 4.36. The van der Waals surface area contributed by atoms with Crippen LogP contribution in [0.15, 0.2) is 20.9 Å². The van der Waals surface area contributed by atoms with Gasteiger partial charge in [0.1, 0.15) is 0 Å². The molecule has 2 heterocycles. The van der Waals surface area contributed by atoms with Crippen LogP contribution in [0.4, 0.5) is 0 Å². The van der Waals surface area contributed by atoms with Gasteiger partial charge >= 0.3 is 0 Å². The Bertz CT molecular complexity index is 353. The van der Waals surface area contributed by atoms with Crippen LogP contribution in [0.3, 0.4) is 0 Å². The van der Waals surface area contributed by atoms with Crippen molar-refractivity contribution in [3.8, 4) is 0 Å². The Hall–Kier alpha value is 0.180. The maximum Gasteiger partial charge on any atom is 0.194 e. The van der Waals surface area contributed by atoms with Gasteiger partial charge in [-0.05, 0) is 28.1 Å². The number of hydrogen-bond acceptors (Lipinski definition) is 4. The number of hydrogen-bond donors (Lipinski definition) is 1. The van der Waals surface area contributed by atoms with E-state index in [9.17, 15) is 0 Å². The van der Waals surface area contributed by atoms with Gasteiger partial charge in [-0.3, -0.25) is 4.99 Å². The van der Waals surface area contributed by atoms with E-state index >= 15 is 0 Å². The third kappa shape index (κ3) is 3.60. The summed E-state index contributed by atoms with van der Waals surface area (Å²) in [6, 6.07) is 4.19. The summed E-state index contributed by atoms with van der Waals surface area (Å²) in [6.07, 6.45) is 0. The van der Waals surface area contributed by atoms with Crippen molar-refractivity contribution in [3.05, 3.63) is 20.8 Å². The number of likely N-dealkylation sites (N-methyl/N-ethyl adjacent to an activating group) is 1. The van der Waals surface area contributed by atoms with Gasteiger partial charge < -0.3 is 10.2 Å². The third-order valence-corrected chi connectivity index (χ3v) is 3.73. The lowest BCUT2D eigenvalue weighted by Gasteiger charge is -2.14. The molecule has 0 radical (unpaired) electrons. The number of aliphatic imine (C=N–C) groups is 1. The maximum atomic E-state index is 4.36. The van der Waals surface area contributed by atoms with E-state index in [0.717, 1.165) is 25.6 Å². The van der Waals surface area contributed by atoms with Gasteiger partial charge in [-0.1, -0.05) is 0 Å². The van der Waals surface area contributed by atoms with Crippen molar-refractivity contribution in [1.29, 1.82) is 0 Å². The quantitative estimate of drug-likeness (QED) is 0.771. The zero-order valence-electron chi connectivity index (χ0n) is 8.36. The number of guanidine groups is 1. The lowest BCUT2D eigenvalue weighted by Crippen LogP contribution is -2.34. The van der Waals surface area contributed by atoms with Crippen LogP contribution in [0.1, 0.15) is 4.88 Å². The van der Waals surface area contributed by atoms with Crippen LogP contribution in [-0.4, -0.2) is 31.0 Å². The SMILES string of the molecule is CN1CCN=C1NCc1ccc(Br)s1.I. The number of halogens is 2. The first-order valence-corrected chi connectivity index (χ1v) is 6.10. The molecule has 6 heteroatoms. The second-order valence-corrected chi connectivity index (χ2v) is 5.73. The summed E-state index contributed by atoms with van der Waals surface area (Å²) < 4.78 is 1.18. The lowest BCUT2D eigenvalue weighted by atomic mass is 10.5. The first kappa shape index (κ1) is 13.2. The summed E-state index contributed by atoms with van der Waals surface area (Å²) in [5.41, 5.74) is 0. The molecule has 0 fully saturated rings. The van der Waals surface area contributed by atoms with Gasteiger partial charge in [0.2, 0.25) is 0 Å². The summed E-state index contributed by atoms with van der Waals surface area (Å²) in [4.78, 5) is 7.82. The minimum atomic E-state index is 0. The Morgan fingerprint density at radius 1 is 1.60 bits per heavy atom. The van der Waals surface area contributed by atoms with E-state index in [1.807, 2.05) is 0 Å². The molecule has 0 spiro atoms. The van der Waals surface area contributed by atoms with Gasteiger partial charge in [0.15, 0.2) is 5.96 Å². The molecule has 0 aromatic carbocycles. The molecular weight excluding hydrogens is 389 g/mol. The zero-order valence-corrected chi connectivity index (χ0v) is 13.1. The van der Waals surface area contributed by atoms with Crippen molar-refractivity contribution >= 4 is 57.2 Å². The Kier molecular flexibility index (Phi) is 5.34. The molecule has 15 heavy (non-hydrogen) atoms. The molecular formula is C9H13BrIN3S. The molecule has 1 aliphatic rings. The summed E-state index contributed by atoms with van der Waals surface area (Å²) >= 11 is 5.20. The normalized spacial score (nSPS) is 14.8. The summed E-state index contributed by atoms with van der Waals surface area (Å²) in [5, 5.41) is 3.33. The van der Waals surface area contributed by atoms with E-state index < -0.39 is 0 Å². The molecule has 84 valence electrons. The number of nitrogens with zero attached hydrogens (tertiary/aromatic N) is 2. The highest BCUT2D eigenvalue weighted by molar-refractivity contribution is 14.0. The molecule has 2 rings (SSSR count). The standard InChI is InChI=1S/C9H12BrN3S.HI/c1-13-5-4-11-9(13)12-6-7-2-3-8(10)14-7;/h2-3H,4-6H2,1H3,(H,11,12);1H. The van der Waals surface area contributed by atoms with Gasteiger partial charge in [-0.25, -0.2) is 0 Å². The molecule has 0 bridgehead atoms. The highest BCUT2D eigenvalue weighted by atomic mass is 127. The van der Waals surface area contributed by atoms with Gasteiger partial charge in [-0.2, -0.15) is 0 Å². The largest absolute Gasteiger partial charge is 0.351 e. The van der Waals surface area contributed by atoms with Crippen molar-refractivity contribution in [2.75, 3.05) is 20.1 Å². The number of nitrogens with one attached hydrogen (secondary N) is 1. The molecule has 1 aromatic heterocycles. The van der Waals surface area contributed by atoms with Crippen LogP contribution < -0.4 is 5.32 Å². The smallest absolute Gasteiger partial charge is 0.194 e. The summed E-state index contributed by atoms with van der Waals surface area (Å²) in [6.45, 7) is 2.79. The van der Waals surface area contributed by atoms with Gasteiger partial charge in [-0.15, -0.1) is 35.3 Å². The van der Waals surface area contributed by atoms with E-state index in [0.29, 0.717) is 0 Å². The van der Waals surface area contributed by atoms with Crippen molar-refractivity contribution in [1.82, 2.24) is 10.2 Å². The van der Waals surface area contributed by atoms with Crippen molar-refractivity contribution in [3.63, 3.8) is 0 Å². The van der Waals surface area contributed by atoms with Crippen LogP contribution in [0.5, 0.6) is 0 Å². The molecule has 0 aliphatic carbocycles. The van der Waals surface area contributed by atoms with Crippen molar-refractivity contribution < 1.29 is 0 Å². The average molecular weight is 402 g/mol. The highest BCUT2D eigenvalue weighted by Crippen LogP contribution is 2.21. The first-order valence-electron chi connectivity index (χ1n) is 4.49. The molecule has 3 nitrogen and oxygen atoms in total. The van der Waals surface area contributed by atoms with Gasteiger partial charge in [0, 0.05) is 18.5 Å². The minimum Gasteiger partial charge on any atom is -0.351 e. The van der Waals surface area contributed by atoms with E-state index in [1.54, 1.807) is 11.3 Å². The number of rotatable bonds is 2. The zero-order chi connectivity index (χ0) is 9.97. The predicted octanol–water partition coefficient (Wildman–Crippen LogP) is 2.52. The lowest BCUT2D eigenvalue weighted by molar-refractivity contribution is 0.534. The predicted molar refractivity (Wildman–Crippen MR) is 79.2 cm³/mol. The second kappa shape index (κ2) is 6.05. The van der Waals surface area contributed by atoms with Crippen LogP contribution in [-0.2, 0) is 6.54 Å². The fourth-order valence-electron chi connectivity index (χ4n) is 1.34. The van der Waals surface area contributed by atoms with Crippen LogP contribution in [0, 0.1) is 0 Å². The van der Waals surface area contributed by atoms with E-state index in [1.165, 1.54) is 8.66 Å². The Balaban J connectivity index is 0.00000112. The molecule has 1 aromatic rings. The first-order chi connectivity index (χ1) is 6.75. The Morgan fingerprint density at radius 3 is 2.93 bits per heavy atom. The van der Waals surface area contributed by atoms with E-state index in [-0.39, 0.29) is 24.0 Å². The number of thiophene rings is 1. The van der Waals surface area contributed by atoms with Crippen molar-refractivity contribution in [2.24, 2.45) is 4.99 Å². The summed E-state index contributed by atoms with van der Waals surface area (Å²) in [7, 11) is 2.06. The van der Waals surface area contributed by atoms with E-state index in [2.05, 4.69) is 50.3 Å². The molecule has 0 unspecified atom stereocenters. The molecule has 0 saturated heterocycles. The fraction of sp³-hybridized carbons (Fsp3) is 0.444. The molecule has 0 amide bonds. The Labute approximate surface area is 119 Å². The second-order valence-electron chi connectivity index (χ2n) is 3.19. The fourth-order valence-corrected chi connectivity index (χ4v) is 2.76. The van der Waals surface area contributed by atoms with Gasteiger partial charge in [0.25, 0.3) is 0 Å². The van der Waals surface area contributed by atoms with Gasteiger partial charge in [0.05, 0.1) is 16.9 Å². The molecule has 1 N–H and O–H groups in total. The molecule has 1 aliphatic heterocycles. The minimum absolute atomic E-state index is 0. The topological polar surface area (TPSA) is 27.6 Å². The van der Waals surface area contributed by atoms with Crippen LogP contribution in [0.25, 0.3) is 0 Å². The molecule has 0 atom stereocenters. The van der Waals surface area contributed by atoms with Crippen molar-refractivity contribution in [2.45, 2.75) is 6.54 Å². The third-order valence-electron chi connectivity index (χ3n) is 2.11. The highest BCUT2D eigenvalue weighted by Gasteiger charge is 2.11. The molecule has 0 saturated carbocycles. The monoisotopic (exact) mass is 401 g/mol. The average Bonchev–Trinajstić information content (AvgIpc) is 2.72. The van der Waals surface area contributed by atoms with E-state index in [4.69, 9.17) is 0 Å². The van der Waals surface area contributed by atoms with Crippen LogP contribution in [0.2, 0.25) is 0 Å².